The maximum absolute atomic E-state index is 10.8. The Morgan fingerprint density at radius 1 is 1.44 bits per heavy atom. The Balaban J connectivity index is 2.68. The summed E-state index contributed by atoms with van der Waals surface area (Å²) in [5.74, 6) is 0. The highest BCUT2D eigenvalue weighted by Gasteiger charge is 2.12. The minimum atomic E-state index is -0.391. The molecular formula is C10H14BrN3O2. The molecule has 88 valence electrons. The fourth-order valence-electron chi connectivity index (χ4n) is 1.30. The normalized spacial score (nSPS) is 10.1. The lowest BCUT2D eigenvalue weighted by atomic mass is 10.2. The molecule has 0 aliphatic rings. The summed E-state index contributed by atoms with van der Waals surface area (Å²) in [6.07, 6.45) is 1.81. The summed E-state index contributed by atoms with van der Waals surface area (Å²) in [4.78, 5) is 10.4. The van der Waals surface area contributed by atoms with E-state index >= 15 is 0 Å². The number of nitrogens with one attached hydrogen (secondary N) is 1. The molecule has 0 radical (unpaired) electrons. The molecule has 0 amide bonds. The van der Waals surface area contributed by atoms with Crippen LogP contribution in [0.15, 0.2) is 22.7 Å². The van der Waals surface area contributed by atoms with E-state index in [4.69, 9.17) is 5.73 Å². The van der Waals surface area contributed by atoms with Gasteiger partial charge in [0.25, 0.3) is 5.69 Å². The molecule has 0 spiro atoms. The van der Waals surface area contributed by atoms with Crippen molar-refractivity contribution in [2.24, 2.45) is 5.73 Å². The number of hydrogen-bond acceptors (Lipinski definition) is 4. The topological polar surface area (TPSA) is 81.2 Å². The summed E-state index contributed by atoms with van der Waals surface area (Å²) in [6, 6.07) is 4.85. The van der Waals surface area contributed by atoms with Gasteiger partial charge in [-0.1, -0.05) is 15.9 Å². The average molecular weight is 288 g/mol. The van der Waals surface area contributed by atoms with E-state index in [0.717, 1.165) is 17.3 Å². The fourth-order valence-corrected chi connectivity index (χ4v) is 1.66. The quantitative estimate of drug-likeness (QED) is 0.479. The van der Waals surface area contributed by atoms with Gasteiger partial charge in [-0.2, -0.15) is 0 Å². The number of nitro groups is 1. The molecule has 0 fully saturated rings. The molecule has 0 aliphatic carbocycles. The van der Waals surface area contributed by atoms with Crippen LogP contribution in [0, 0.1) is 10.1 Å². The van der Waals surface area contributed by atoms with Crippen LogP contribution in [0.5, 0.6) is 0 Å². The molecule has 0 atom stereocenters. The summed E-state index contributed by atoms with van der Waals surface area (Å²) < 4.78 is 0.819. The van der Waals surface area contributed by atoms with Crippen molar-refractivity contribution in [3.05, 3.63) is 32.8 Å². The van der Waals surface area contributed by atoms with Crippen molar-refractivity contribution in [2.45, 2.75) is 12.8 Å². The second kappa shape index (κ2) is 6.44. The van der Waals surface area contributed by atoms with Crippen molar-refractivity contribution in [2.75, 3.05) is 18.4 Å². The van der Waals surface area contributed by atoms with E-state index in [1.54, 1.807) is 12.1 Å². The number of nitrogens with two attached hydrogens (primary N) is 1. The van der Waals surface area contributed by atoms with Crippen LogP contribution >= 0.6 is 15.9 Å². The first-order valence-corrected chi connectivity index (χ1v) is 5.82. The second-order valence-corrected chi connectivity index (χ2v) is 4.26. The zero-order valence-electron chi connectivity index (χ0n) is 8.78. The number of nitro benzene ring substituents is 1. The van der Waals surface area contributed by atoms with Crippen molar-refractivity contribution in [1.29, 1.82) is 0 Å². The number of hydrogen-bond donors (Lipinski definition) is 2. The molecule has 0 bridgehead atoms. The molecule has 1 rings (SSSR count). The first-order chi connectivity index (χ1) is 7.65. The Morgan fingerprint density at radius 3 is 2.81 bits per heavy atom. The predicted octanol–water partition coefficient (Wildman–Crippen LogP) is 2.51. The number of anilines is 1. The molecular weight excluding hydrogens is 274 g/mol. The molecule has 3 N–H and O–H groups in total. The van der Waals surface area contributed by atoms with E-state index in [1.807, 2.05) is 0 Å². The minimum Gasteiger partial charge on any atom is -0.379 e. The summed E-state index contributed by atoms with van der Waals surface area (Å²) in [7, 11) is 0. The van der Waals surface area contributed by atoms with E-state index < -0.39 is 4.92 Å². The Labute approximate surface area is 102 Å². The zero-order valence-corrected chi connectivity index (χ0v) is 10.4. The van der Waals surface area contributed by atoms with Gasteiger partial charge in [-0.3, -0.25) is 10.1 Å². The van der Waals surface area contributed by atoms with Gasteiger partial charge in [0.05, 0.1) is 4.92 Å². The predicted molar refractivity (Wildman–Crippen MR) is 67.6 cm³/mol. The van der Waals surface area contributed by atoms with Crippen molar-refractivity contribution in [3.8, 4) is 0 Å². The lowest BCUT2D eigenvalue weighted by Gasteiger charge is -2.06. The van der Waals surface area contributed by atoms with Crippen LogP contribution in [0.25, 0.3) is 0 Å². The third kappa shape index (κ3) is 3.79. The first-order valence-electron chi connectivity index (χ1n) is 5.03. The van der Waals surface area contributed by atoms with Gasteiger partial charge in [-0.05, 0) is 31.5 Å². The van der Waals surface area contributed by atoms with Crippen LogP contribution in [0.3, 0.4) is 0 Å². The van der Waals surface area contributed by atoms with E-state index in [9.17, 15) is 10.1 Å². The number of rotatable bonds is 6. The number of benzene rings is 1. The number of nitrogens with zero attached hydrogens (tertiary/aromatic N) is 1. The van der Waals surface area contributed by atoms with Crippen LogP contribution in [-0.2, 0) is 0 Å². The summed E-state index contributed by atoms with van der Waals surface area (Å²) in [6.45, 7) is 1.33. The van der Waals surface area contributed by atoms with Gasteiger partial charge < -0.3 is 11.1 Å². The maximum atomic E-state index is 10.8. The third-order valence-electron chi connectivity index (χ3n) is 2.10. The molecule has 1 aromatic rings. The number of halogens is 1. The fraction of sp³-hybridized carbons (Fsp3) is 0.400. The van der Waals surface area contributed by atoms with Crippen LogP contribution in [0.4, 0.5) is 11.4 Å². The molecule has 16 heavy (non-hydrogen) atoms. The van der Waals surface area contributed by atoms with Crippen molar-refractivity contribution in [3.63, 3.8) is 0 Å². The summed E-state index contributed by atoms with van der Waals surface area (Å²) in [5, 5.41) is 13.8. The molecule has 1 aromatic carbocycles. The van der Waals surface area contributed by atoms with E-state index in [1.165, 1.54) is 6.07 Å². The minimum absolute atomic E-state index is 0.0935. The Hall–Kier alpha value is -1.14. The molecule has 6 heteroatoms. The standard InChI is InChI=1S/C10H14BrN3O2/c11-8-3-4-10(14(15)16)9(7-8)13-6-2-1-5-12/h3-4,7,13H,1-2,5-6,12H2. The monoisotopic (exact) mass is 287 g/mol. The van der Waals surface area contributed by atoms with Crippen LogP contribution < -0.4 is 11.1 Å². The van der Waals surface area contributed by atoms with Gasteiger partial charge in [0.2, 0.25) is 0 Å². The van der Waals surface area contributed by atoms with Crippen molar-refractivity contribution in [1.82, 2.24) is 0 Å². The van der Waals surface area contributed by atoms with E-state index in [2.05, 4.69) is 21.2 Å². The van der Waals surface area contributed by atoms with Crippen molar-refractivity contribution < 1.29 is 4.92 Å². The largest absolute Gasteiger partial charge is 0.379 e. The SMILES string of the molecule is NCCCCNc1cc(Br)ccc1[N+](=O)[O-]. The molecule has 0 saturated carbocycles. The van der Waals surface area contributed by atoms with Gasteiger partial charge in [0, 0.05) is 17.1 Å². The zero-order chi connectivity index (χ0) is 12.0. The smallest absolute Gasteiger partial charge is 0.292 e. The van der Waals surface area contributed by atoms with Gasteiger partial charge >= 0.3 is 0 Å². The van der Waals surface area contributed by atoms with E-state index in [-0.39, 0.29) is 5.69 Å². The third-order valence-corrected chi connectivity index (χ3v) is 2.59. The van der Waals surface area contributed by atoms with Crippen molar-refractivity contribution >= 4 is 27.3 Å². The first kappa shape index (κ1) is 12.9. The van der Waals surface area contributed by atoms with Gasteiger partial charge in [-0.25, -0.2) is 0 Å². The lowest BCUT2D eigenvalue weighted by Crippen LogP contribution is -2.07. The van der Waals surface area contributed by atoms with Gasteiger partial charge in [-0.15, -0.1) is 0 Å². The lowest BCUT2D eigenvalue weighted by molar-refractivity contribution is -0.384. The summed E-state index contributed by atoms with van der Waals surface area (Å²) >= 11 is 3.29. The Bertz CT molecular complexity index is 371. The highest BCUT2D eigenvalue weighted by atomic mass is 79.9. The second-order valence-electron chi connectivity index (χ2n) is 3.34. The van der Waals surface area contributed by atoms with Crippen LogP contribution in [-0.4, -0.2) is 18.0 Å². The molecule has 0 heterocycles. The van der Waals surface area contributed by atoms with Crippen LogP contribution in [0.2, 0.25) is 0 Å². The molecule has 0 aromatic heterocycles. The highest BCUT2D eigenvalue weighted by molar-refractivity contribution is 9.10. The van der Waals surface area contributed by atoms with Gasteiger partial charge in [0.15, 0.2) is 0 Å². The van der Waals surface area contributed by atoms with E-state index in [0.29, 0.717) is 18.8 Å². The maximum Gasteiger partial charge on any atom is 0.292 e. The molecule has 5 nitrogen and oxygen atoms in total. The Morgan fingerprint density at radius 2 is 2.19 bits per heavy atom. The van der Waals surface area contributed by atoms with Gasteiger partial charge in [0.1, 0.15) is 5.69 Å². The van der Waals surface area contributed by atoms with Crippen LogP contribution in [0.1, 0.15) is 12.8 Å². The number of unbranched alkanes of at least 4 members (excludes halogenated alkanes) is 1. The Kier molecular flexibility index (Phi) is 5.21. The molecule has 0 unspecified atom stereocenters. The molecule has 0 aliphatic heterocycles. The average Bonchev–Trinajstić information content (AvgIpc) is 2.24. The molecule has 0 saturated heterocycles. The summed E-state index contributed by atoms with van der Waals surface area (Å²) in [5.41, 5.74) is 6.00. The highest BCUT2D eigenvalue weighted by Crippen LogP contribution is 2.27.